The molecule has 92 valence electrons. The van der Waals surface area contributed by atoms with Crippen LogP contribution in [0.25, 0.3) is 0 Å². The SMILES string of the molecule is CC(C)C[C@H](N)C(=O)O.O=C1CNC(=S)N1. The number of hydrogen-bond acceptors (Lipinski definition) is 4. The monoisotopic (exact) mass is 247 g/mol. The number of carboxylic acid groups (broad SMARTS) is 1. The molecule has 1 fully saturated rings. The number of rotatable bonds is 3. The number of aliphatic carboxylic acids is 1. The smallest absolute Gasteiger partial charge is 0.320 e. The minimum atomic E-state index is -0.913. The Bertz CT molecular complexity index is 267. The second kappa shape index (κ2) is 7.13. The Labute approximate surface area is 99.6 Å². The maximum atomic E-state index is 10.2. The standard InChI is InChI=1S/C6H13NO2.C3H4N2OS/c1-4(2)3-5(7)6(8)9;6-2-1-4-3(7)5-2/h4-5H,3,7H2,1-2H3,(H,8,9);1H2,(H2,4,5,6,7)/t5-;/m0./s1. The first-order valence-corrected chi connectivity index (χ1v) is 5.29. The fourth-order valence-electron chi connectivity index (χ4n) is 0.984. The highest BCUT2D eigenvalue weighted by atomic mass is 32.1. The minimum Gasteiger partial charge on any atom is -0.480 e. The first kappa shape index (κ1) is 14.8. The summed E-state index contributed by atoms with van der Waals surface area (Å²) in [5.74, 6) is -0.607. The van der Waals surface area contributed by atoms with Crippen LogP contribution in [0.4, 0.5) is 0 Å². The molecule has 0 aromatic heterocycles. The Morgan fingerprint density at radius 1 is 1.62 bits per heavy atom. The molecule has 6 nitrogen and oxygen atoms in total. The van der Waals surface area contributed by atoms with Crippen molar-refractivity contribution in [1.82, 2.24) is 10.6 Å². The van der Waals surface area contributed by atoms with Crippen LogP contribution in [-0.2, 0) is 9.59 Å². The van der Waals surface area contributed by atoms with Crippen molar-refractivity contribution < 1.29 is 14.7 Å². The average molecular weight is 247 g/mol. The molecular weight excluding hydrogens is 230 g/mol. The molecule has 1 aliphatic heterocycles. The van der Waals surface area contributed by atoms with Crippen molar-refractivity contribution in [3.05, 3.63) is 0 Å². The third kappa shape index (κ3) is 7.13. The van der Waals surface area contributed by atoms with E-state index < -0.39 is 12.0 Å². The van der Waals surface area contributed by atoms with Crippen molar-refractivity contribution in [2.45, 2.75) is 26.3 Å². The van der Waals surface area contributed by atoms with E-state index in [2.05, 4.69) is 22.9 Å². The molecule has 0 bridgehead atoms. The summed E-state index contributed by atoms with van der Waals surface area (Å²) < 4.78 is 0. The summed E-state index contributed by atoms with van der Waals surface area (Å²) in [6, 6.07) is -0.690. The zero-order chi connectivity index (χ0) is 12.7. The molecule has 1 saturated heterocycles. The third-order valence-corrected chi connectivity index (χ3v) is 1.95. The van der Waals surface area contributed by atoms with E-state index in [4.69, 9.17) is 10.8 Å². The number of carbonyl (C=O) groups is 2. The molecule has 1 atom stereocenters. The fourth-order valence-corrected chi connectivity index (χ4v) is 1.17. The van der Waals surface area contributed by atoms with Crippen LogP contribution in [0.15, 0.2) is 0 Å². The van der Waals surface area contributed by atoms with E-state index in [1.165, 1.54) is 0 Å². The van der Waals surface area contributed by atoms with E-state index in [0.29, 0.717) is 24.0 Å². The molecule has 7 heteroatoms. The molecule has 1 aliphatic rings. The molecule has 16 heavy (non-hydrogen) atoms. The van der Waals surface area contributed by atoms with E-state index in [-0.39, 0.29) is 5.91 Å². The van der Waals surface area contributed by atoms with Gasteiger partial charge in [-0.15, -0.1) is 0 Å². The summed E-state index contributed by atoms with van der Waals surface area (Å²) in [4.78, 5) is 20.3. The summed E-state index contributed by atoms with van der Waals surface area (Å²) in [6.45, 7) is 4.23. The van der Waals surface area contributed by atoms with E-state index >= 15 is 0 Å². The summed E-state index contributed by atoms with van der Waals surface area (Å²) >= 11 is 4.55. The second-order valence-corrected chi connectivity index (χ2v) is 4.21. The molecule has 1 amide bonds. The van der Waals surface area contributed by atoms with Gasteiger partial charge in [0.15, 0.2) is 5.11 Å². The fraction of sp³-hybridized carbons (Fsp3) is 0.667. The van der Waals surface area contributed by atoms with Gasteiger partial charge >= 0.3 is 5.97 Å². The summed E-state index contributed by atoms with van der Waals surface area (Å²) in [7, 11) is 0. The van der Waals surface area contributed by atoms with Crippen LogP contribution in [0.3, 0.4) is 0 Å². The molecule has 1 heterocycles. The first-order chi connectivity index (χ1) is 7.32. The van der Waals surface area contributed by atoms with E-state index in [1.54, 1.807) is 0 Å². The van der Waals surface area contributed by atoms with Crippen molar-refractivity contribution >= 4 is 29.2 Å². The second-order valence-electron chi connectivity index (χ2n) is 3.81. The average Bonchev–Trinajstić information content (AvgIpc) is 2.49. The van der Waals surface area contributed by atoms with Gasteiger partial charge in [-0.1, -0.05) is 13.8 Å². The molecule has 0 saturated carbocycles. The van der Waals surface area contributed by atoms with Gasteiger partial charge in [0.05, 0.1) is 6.54 Å². The maximum absolute atomic E-state index is 10.2. The lowest BCUT2D eigenvalue weighted by atomic mass is 10.1. The van der Waals surface area contributed by atoms with Gasteiger partial charge in [0.25, 0.3) is 0 Å². The topological polar surface area (TPSA) is 104 Å². The van der Waals surface area contributed by atoms with Crippen LogP contribution >= 0.6 is 12.2 Å². The molecule has 1 rings (SSSR count). The molecular formula is C9H17N3O3S. The molecule has 0 spiro atoms. The van der Waals surface area contributed by atoms with E-state index in [0.717, 1.165) is 0 Å². The van der Waals surface area contributed by atoms with Crippen molar-refractivity contribution in [2.24, 2.45) is 11.7 Å². The lowest BCUT2D eigenvalue weighted by Crippen LogP contribution is -2.31. The number of nitrogens with one attached hydrogen (secondary N) is 2. The van der Waals surface area contributed by atoms with Gasteiger partial charge in [-0.2, -0.15) is 0 Å². The number of hydrogen-bond donors (Lipinski definition) is 4. The molecule has 0 radical (unpaired) electrons. The number of thiocarbonyl (C=S) groups is 1. The van der Waals surface area contributed by atoms with E-state index in [1.807, 2.05) is 13.8 Å². The lowest BCUT2D eigenvalue weighted by Gasteiger charge is -2.07. The summed E-state index contributed by atoms with van der Waals surface area (Å²) in [6.07, 6.45) is 0.551. The number of carboxylic acids is 1. The highest BCUT2D eigenvalue weighted by molar-refractivity contribution is 7.80. The van der Waals surface area contributed by atoms with Crippen LogP contribution in [0.1, 0.15) is 20.3 Å². The maximum Gasteiger partial charge on any atom is 0.320 e. The zero-order valence-electron chi connectivity index (χ0n) is 9.32. The Balaban J connectivity index is 0.000000288. The molecule has 0 aromatic carbocycles. The van der Waals surface area contributed by atoms with Crippen LogP contribution in [0.2, 0.25) is 0 Å². The third-order valence-electron chi connectivity index (χ3n) is 1.70. The summed E-state index contributed by atoms with van der Waals surface area (Å²) in [5.41, 5.74) is 5.22. The van der Waals surface area contributed by atoms with Crippen LogP contribution < -0.4 is 16.4 Å². The predicted octanol–water partition coefficient (Wildman–Crippen LogP) is -0.565. The van der Waals surface area contributed by atoms with Gasteiger partial charge in [-0.3, -0.25) is 9.59 Å². The quantitative estimate of drug-likeness (QED) is 0.498. The Morgan fingerprint density at radius 3 is 2.31 bits per heavy atom. The van der Waals surface area contributed by atoms with Gasteiger partial charge in [0.2, 0.25) is 5.91 Å². The van der Waals surface area contributed by atoms with Gasteiger partial charge in [0, 0.05) is 0 Å². The lowest BCUT2D eigenvalue weighted by molar-refractivity contribution is -0.138. The highest BCUT2D eigenvalue weighted by Gasteiger charge is 2.12. The molecule has 0 unspecified atom stereocenters. The van der Waals surface area contributed by atoms with E-state index in [9.17, 15) is 9.59 Å². The van der Waals surface area contributed by atoms with Crippen molar-refractivity contribution in [2.75, 3.05) is 6.54 Å². The summed E-state index contributed by atoms with van der Waals surface area (Å²) in [5, 5.41) is 13.8. The number of amides is 1. The van der Waals surface area contributed by atoms with Gasteiger partial charge in [0.1, 0.15) is 6.04 Å². The molecule has 0 aromatic rings. The molecule has 5 N–H and O–H groups in total. The van der Waals surface area contributed by atoms with Crippen molar-refractivity contribution in [1.29, 1.82) is 0 Å². The van der Waals surface area contributed by atoms with Gasteiger partial charge < -0.3 is 21.5 Å². The highest BCUT2D eigenvalue weighted by Crippen LogP contribution is 2.01. The van der Waals surface area contributed by atoms with Crippen LogP contribution in [0.5, 0.6) is 0 Å². The first-order valence-electron chi connectivity index (χ1n) is 4.89. The molecule has 0 aliphatic carbocycles. The predicted molar refractivity (Wildman–Crippen MR) is 63.8 cm³/mol. The Kier molecular flexibility index (Phi) is 6.59. The number of nitrogens with two attached hydrogens (primary N) is 1. The van der Waals surface area contributed by atoms with Gasteiger partial charge in [-0.05, 0) is 24.6 Å². The minimum absolute atomic E-state index is 0.0509. The van der Waals surface area contributed by atoms with Crippen LogP contribution in [-0.4, -0.2) is 34.7 Å². The number of carbonyl (C=O) groups excluding carboxylic acids is 1. The normalized spacial score (nSPS) is 16.0. The van der Waals surface area contributed by atoms with Crippen molar-refractivity contribution in [3.8, 4) is 0 Å². The zero-order valence-corrected chi connectivity index (χ0v) is 10.1. The Hall–Kier alpha value is -1.21. The largest absolute Gasteiger partial charge is 0.480 e. The van der Waals surface area contributed by atoms with Crippen LogP contribution in [0, 0.1) is 5.92 Å². The van der Waals surface area contributed by atoms with Gasteiger partial charge in [-0.25, -0.2) is 0 Å². The van der Waals surface area contributed by atoms with Crippen molar-refractivity contribution in [3.63, 3.8) is 0 Å². The Morgan fingerprint density at radius 2 is 2.19 bits per heavy atom.